The second kappa shape index (κ2) is 6.55. The molecule has 0 bridgehead atoms. The molecule has 0 unspecified atom stereocenters. The summed E-state index contributed by atoms with van der Waals surface area (Å²) in [7, 11) is 2.03. The number of alkyl halides is 1. The molecule has 4 heteroatoms. The third-order valence-electron chi connectivity index (χ3n) is 3.75. The molecule has 96 valence electrons. The van der Waals surface area contributed by atoms with E-state index in [9.17, 15) is 0 Å². The predicted octanol–water partition coefficient (Wildman–Crippen LogP) is 2.60. The van der Waals surface area contributed by atoms with Gasteiger partial charge in [-0.2, -0.15) is 5.10 Å². The lowest BCUT2D eigenvalue weighted by Crippen LogP contribution is -2.42. The van der Waals surface area contributed by atoms with E-state index < -0.39 is 0 Å². The average Bonchev–Trinajstić information content (AvgIpc) is 2.65. The Morgan fingerprint density at radius 2 is 2.29 bits per heavy atom. The van der Waals surface area contributed by atoms with Gasteiger partial charge in [0.15, 0.2) is 0 Å². The molecular weight excluding hydrogens is 278 g/mol. The van der Waals surface area contributed by atoms with Crippen LogP contribution in [0.25, 0.3) is 0 Å². The van der Waals surface area contributed by atoms with Crippen LogP contribution in [0.5, 0.6) is 0 Å². The van der Waals surface area contributed by atoms with Gasteiger partial charge in [0.25, 0.3) is 0 Å². The predicted molar refractivity (Wildman–Crippen MR) is 74.5 cm³/mol. The summed E-state index contributed by atoms with van der Waals surface area (Å²) >= 11 is 3.53. The van der Waals surface area contributed by atoms with Crippen LogP contribution >= 0.6 is 15.9 Å². The fourth-order valence-corrected chi connectivity index (χ4v) is 2.65. The molecular formula is C13H22BrN3. The Labute approximate surface area is 112 Å². The Bertz CT molecular complexity index is 333. The molecule has 3 nitrogen and oxygen atoms in total. The van der Waals surface area contributed by atoms with Crippen LogP contribution in [0.3, 0.4) is 0 Å². The first-order chi connectivity index (χ1) is 8.31. The number of aryl methyl sites for hydroxylation is 1. The zero-order valence-corrected chi connectivity index (χ0v) is 12.2. The SMILES string of the molecule is Cn1nccc1CCN(CCCBr)C1CCC1. The first kappa shape index (κ1) is 13.1. The first-order valence-electron chi connectivity index (χ1n) is 6.58. The van der Waals surface area contributed by atoms with Gasteiger partial charge in [-0.05, 0) is 31.9 Å². The van der Waals surface area contributed by atoms with E-state index in [0.717, 1.165) is 17.8 Å². The highest BCUT2D eigenvalue weighted by Gasteiger charge is 2.24. The summed E-state index contributed by atoms with van der Waals surface area (Å²) in [5.74, 6) is 0. The molecule has 0 aromatic carbocycles. The zero-order valence-electron chi connectivity index (χ0n) is 10.6. The van der Waals surface area contributed by atoms with Crippen LogP contribution in [0.15, 0.2) is 12.3 Å². The zero-order chi connectivity index (χ0) is 12.1. The molecule has 0 saturated heterocycles. The monoisotopic (exact) mass is 299 g/mol. The van der Waals surface area contributed by atoms with Gasteiger partial charge >= 0.3 is 0 Å². The summed E-state index contributed by atoms with van der Waals surface area (Å²) in [4.78, 5) is 2.66. The van der Waals surface area contributed by atoms with Gasteiger partial charge in [0.05, 0.1) is 0 Å². The van der Waals surface area contributed by atoms with Crippen molar-refractivity contribution in [2.75, 3.05) is 18.4 Å². The largest absolute Gasteiger partial charge is 0.300 e. The summed E-state index contributed by atoms with van der Waals surface area (Å²) in [5, 5.41) is 5.34. The van der Waals surface area contributed by atoms with Crippen molar-refractivity contribution in [3.05, 3.63) is 18.0 Å². The Morgan fingerprint density at radius 1 is 1.47 bits per heavy atom. The van der Waals surface area contributed by atoms with Crippen molar-refractivity contribution in [1.29, 1.82) is 0 Å². The smallest absolute Gasteiger partial charge is 0.0492 e. The van der Waals surface area contributed by atoms with E-state index in [-0.39, 0.29) is 0 Å². The molecule has 1 aromatic heterocycles. The Kier molecular flexibility index (Phi) is 5.04. The highest BCUT2D eigenvalue weighted by molar-refractivity contribution is 9.09. The van der Waals surface area contributed by atoms with Crippen molar-refractivity contribution in [2.45, 2.75) is 38.1 Å². The van der Waals surface area contributed by atoms with Crippen molar-refractivity contribution < 1.29 is 0 Å². The van der Waals surface area contributed by atoms with Gasteiger partial charge in [0.1, 0.15) is 0 Å². The number of hydrogen-bond acceptors (Lipinski definition) is 2. The van der Waals surface area contributed by atoms with Crippen LogP contribution in [-0.2, 0) is 13.5 Å². The third kappa shape index (κ3) is 3.55. The molecule has 0 spiro atoms. The topological polar surface area (TPSA) is 21.1 Å². The van der Waals surface area contributed by atoms with E-state index in [4.69, 9.17) is 0 Å². The number of halogens is 1. The molecule has 1 aliphatic rings. The molecule has 0 atom stereocenters. The molecule has 1 fully saturated rings. The molecule has 17 heavy (non-hydrogen) atoms. The van der Waals surface area contributed by atoms with E-state index >= 15 is 0 Å². The maximum Gasteiger partial charge on any atom is 0.0492 e. The van der Waals surface area contributed by atoms with E-state index in [1.165, 1.54) is 44.5 Å². The number of rotatable bonds is 7. The summed E-state index contributed by atoms with van der Waals surface area (Å²) in [6.45, 7) is 2.41. The lowest BCUT2D eigenvalue weighted by atomic mass is 9.91. The summed E-state index contributed by atoms with van der Waals surface area (Å²) < 4.78 is 1.99. The second-order valence-electron chi connectivity index (χ2n) is 4.86. The van der Waals surface area contributed by atoms with Crippen LogP contribution < -0.4 is 0 Å². The van der Waals surface area contributed by atoms with Gasteiger partial charge in [-0.3, -0.25) is 9.58 Å². The summed E-state index contributed by atoms with van der Waals surface area (Å²) in [6.07, 6.45) is 8.47. The van der Waals surface area contributed by atoms with Crippen LogP contribution in [0.4, 0.5) is 0 Å². The van der Waals surface area contributed by atoms with Crippen LogP contribution in [0.1, 0.15) is 31.4 Å². The summed E-state index contributed by atoms with van der Waals surface area (Å²) in [6, 6.07) is 2.98. The summed E-state index contributed by atoms with van der Waals surface area (Å²) in [5.41, 5.74) is 1.34. The molecule has 1 saturated carbocycles. The van der Waals surface area contributed by atoms with Gasteiger partial charge < -0.3 is 0 Å². The fourth-order valence-electron chi connectivity index (χ4n) is 2.40. The van der Waals surface area contributed by atoms with E-state index in [1.807, 2.05) is 17.9 Å². The van der Waals surface area contributed by atoms with Gasteiger partial charge in [0.2, 0.25) is 0 Å². The standard InChI is InChI=1S/C13H22BrN3/c1-16-12(6-9-15-16)7-11-17(10-3-8-14)13-4-2-5-13/h6,9,13H,2-5,7-8,10-11H2,1H3. The van der Waals surface area contributed by atoms with Crippen molar-refractivity contribution in [2.24, 2.45) is 7.05 Å². The van der Waals surface area contributed by atoms with Crippen molar-refractivity contribution in [1.82, 2.24) is 14.7 Å². The van der Waals surface area contributed by atoms with Crippen LogP contribution in [0, 0.1) is 0 Å². The average molecular weight is 300 g/mol. The minimum Gasteiger partial charge on any atom is -0.300 e. The molecule has 2 rings (SSSR count). The second-order valence-corrected chi connectivity index (χ2v) is 5.65. The van der Waals surface area contributed by atoms with Crippen molar-refractivity contribution >= 4 is 15.9 Å². The maximum absolute atomic E-state index is 4.23. The molecule has 1 aromatic rings. The quantitative estimate of drug-likeness (QED) is 0.722. The Morgan fingerprint density at radius 3 is 2.82 bits per heavy atom. The highest BCUT2D eigenvalue weighted by atomic mass is 79.9. The number of aromatic nitrogens is 2. The lowest BCUT2D eigenvalue weighted by molar-refractivity contribution is 0.128. The highest BCUT2D eigenvalue weighted by Crippen LogP contribution is 2.25. The normalized spacial score (nSPS) is 16.4. The van der Waals surface area contributed by atoms with Gasteiger partial charge in [-0.1, -0.05) is 22.4 Å². The van der Waals surface area contributed by atoms with E-state index in [2.05, 4.69) is 32.0 Å². The van der Waals surface area contributed by atoms with Crippen LogP contribution in [-0.4, -0.2) is 39.1 Å². The Hall–Kier alpha value is -0.350. The van der Waals surface area contributed by atoms with Crippen molar-refractivity contribution in [3.63, 3.8) is 0 Å². The lowest BCUT2D eigenvalue weighted by Gasteiger charge is -2.37. The molecule has 1 aliphatic carbocycles. The van der Waals surface area contributed by atoms with Crippen LogP contribution in [0.2, 0.25) is 0 Å². The number of nitrogens with zero attached hydrogens (tertiary/aromatic N) is 3. The van der Waals surface area contributed by atoms with Gasteiger partial charge in [-0.25, -0.2) is 0 Å². The molecule has 0 amide bonds. The molecule has 1 heterocycles. The van der Waals surface area contributed by atoms with Gasteiger partial charge in [-0.15, -0.1) is 0 Å². The molecule has 0 N–H and O–H groups in total. The van der Waals surface area contributed by atoms with E-state index in [0.29, 0.717) is 0 Å². The first-order valence-corrected chi connectivity index (χ1v) is 7.70. The minimum atomic E-state index is 0.849. The van der Waals surface area contributed by atoms with Gasteiger partial charge in [0, 0.05) is 43.3 Å². The third-order valence-corrected chi connectivity index (χ3v) is 4.31. The Balaban J connectivity index is 1.82. The van der Waals surface area contributed by atoms with E-state index in [1.54, 1.807) is 0 Å². The van der Waals surface area contributed by atoms with Crippen molar-refractivity contribution in [3.8, 4) is 0 Å². The number of hydrogen-bond donors (Lipinski definition) is 0. The fraction of sp³-hybridized carbons (Fsp3) is 0.769. The maximum atomic E-state index is 4.23. The molecule has 0 aliphatic heterocycles. The molecule has 0 radical (unpaired) electrons. The minimum absolute atomic E-state index is 0.849.